The van der Waals surface area contributed by atoms with E-state index in [2.05, 4.69) is 26.1 Å². The van der Waals surface area contributed by atoms with Crippen LogP contribution in [-0.2, 0) is 7.05 Å². The van der Waals surface area contributed by atoms with Gasteiger partial charge in [-0.3, -0.25) is 9.59 Å². The number of nitrogens with one attached hydrogen (secondary N) is 1. The van der Waals surface area contributed by atoms with Crippen LogP contribution in [0.4, 0.5) is 0 Å². The summed E-state index contributed by atoms with van der Waals surface area (Å²) in [5.41, 5.74) is 0.487. The predicted molar refractivity (Wildman–Crippen MR) is 84.4 cm³/mol. The molecule has 1 aliphatic rings. The van der Waals surface area contributed by atoms with Crippen molar-refractivity contribution in [3.8, 4) is 0 Å². The highest BCUT2D eigenvalue weighted by atomic mass is 16.2. The Kier molecular flexibility index (Phi) is 4.55. The fourth-order valence-corrected chi connectivity index (χ4v) is 3.28. The van der Waals surface area contributed by atoms with Gasteiger partial charge in [-0.25, -0.2) is 0 Å². The lowest BCUT2D eigenvalue weighted by atomic mass is 9.69. The van der Waals surface area contributed by atoms with Crippen molar-refractivity contribution in [2.75, 3.05) is 0 Å². The summed E-state index contributed by atoms with van der Waals surface area (Å²) in [6, 6.07) is 3.31. The van der Waals surface area contributed by atoms with Gasteiger partial charge in [0.2, 0.25) is 0 Å². The van der Waals surface area contributed by atoms with Crippen molar-refractivity contribution in [3.05, 3.63) is 34.2 Å². The molecule has 0 aliphatic heterocycles. The highest BCUT2D eigenvalue weighted by molar-refractivity contribution is 5.94. The monoisotopic (exact) mass is 290 g/mol. The number of hydrogen-bond acceptors (Lipinski definition) is 2. The number of rotatable bonds is 2. The smallest absolute Gasteiger partial charge is 0.251 e. The van der Waals surface area contributed by atoms with E-state index in [1.54, 1.807) is 19.3 Å². The van der Waals surface area contributed by atoms with E-state index in [9.17, 15) is 9.59 Å². The van der Waals surface area contributed by atoms with Gasteiger partial charge in [-0.15, -0.1) is 0 Å². The van der Waals surface area contributed by atoms with Crippen LogP contribution in [0.1, 0.15) is 56.8 Å². The van der Waals surface area contributed by atoms with Gasteiger partial charge in [0, 0.05) is 30.9 Å². The second-order valence-electron chi connectivity index (χ2n) is 7.20. The first-order valence-electron chi connectivity index (χ1n) is 7.76. The Balaban J connectivity index is 2.13. The molecule has 0 radical (unpaired) electrons. The summed E-state index contributed by atoms with van der Waals surface area (Å²) in [6.07, 6.45) is 6.22. The lowest BCUT2D eigenvalue weighted by molar-refractivity contribution is 0.0830. The molecule has 1 heterocycles. The Morgan fingerprint density at radius 3 is 2.57 bits per heavy atom. The maximum absolute atomic E-state index is 12.4. The molecule has 2 unspecified atom stereocenters. The molecule has 1 aromatic rings. The summed E-state index contributed by atoms with van der Waals surface area (Å²) in [5.74, 6) is 0.357. The van der Waals surface area contributed by atoms with Crippen LogP contribution in [0, 0.1) is 11.3 Å². The number of amides is 1. The van der Waals surface area contributed by atoms with Crippen molar-refractivity contribution >= 4 is 5.91 Å². The van der Waals surface area contributed by atoms with E-state index in [1.165, 1.54) is 17.1 Å². The SMILES string of the molecule is Cn1ccc(C(=O)NC2CCCCC2C(C)(C)C)cc1=O. The van der Waals surface area contributed by atoms with Gasteiger partial charge >= 0.3 is 0 Å². The Morgan fingerprint density at radius 2 is 1.95 bits per heavy atom. The maximum Gasteiger partial charge on any atom is 0.251 e. The third-order valence-electron chi connectivity index (χ3n) is 4.56. The van der Waals surface area contributed by atoms with Crippen LogP contribution in [0.2, 0.25) is 0 Å². The first-order valence-corrected chi connectivity index (χ1v) is 7.76. The summed E-state index contributed by atoms with van der Waals surface area (Å²) in [5, 5.41) is 3.15. The molecule has 1 saturated carbocycles. The fourth-order valence-electron chi connectivity index (χ4n) is 3.28. The van der Waals surface area contributed by atoms with Gasteiger partial charge in [0.05, 0.1) is 0 Å². The predicted octanol–water partition coefficient (Wildman–Crippen LogP) is 2.72. The summed E-state index contributed by atoms with van der Waals surface area (Å²) < 4.78 is 1.47. The van der Waals surface area contributed by atoms with Crippen LogP contribution in [0.5, 0.6) is 0 Å². The molecule has 1 N–H and O–H groups in total. The zero-order valence-corrected chi connectivity index (χ0v) is 13.5. The summed E-state index contributed by atoms with van der Waals surface area (Å²) in [7, 11) is 1.68. The van der Waals surface area contributed by atoms with E-state index < -0.39 is 0 Å². The van der Waals surface area contributed by atoms with Gasteiger partial charge < -0.3 is 9.88 Å². The van der Waals surface area contributed by atoms with Crippen molar-refractivity contribution in [2.24, 2.45) is 18.4 Å². The Hall–Kier alpha value is -1.58. The van der Waals surface area contributed by atoms with Crippen LogP contribution in [0.3, 0.4) is 0 Å². The molecular formula is C17H26N2O2. The second-order valence-corrected chi connectivity index (χ2v) is 7.20. The number of nitrogens with zero attached hydrogens (tertiary/aromatic N) is 1. The number of pyridine rings is 1. The van der Waals surface area contributed by atoms with Crippen LogP contribution < -0.4 is 10.9 Å². The largest absolute Gasteiger partial charge is 0.349 e. The number of aromatic nitrogens is 1. The minimum absolute atomic E-state index is 0.131. The molecule has 0 aromatic carbocycles. The van der Waals surface area contributed by atoms with Crippen LogP contribution in [-0.4, -0.2) is 16.5 Å². The number of carbonyl (C=O) groups excluding carboxylic acids is 1. The molecule has 0 spiro atoms. The average Bonchev–Trinajstić information content (AvgIpc) is 2.41. The summed E-state index contributed by atoms with van der Waals surface area (Å²) >= 11 is 0. The van der Waals surface area contributed by atoms with Crippen molar-refractivity contribution < 1.29 is 4.79 Å². The van der Waals surface area contributed by atoms with E-state index in [4.69, 9.17) is 0 Å². The fraction of sp³-hybridized carbons (Fsp3) is 0.647. The van der Waals surface area contributed by atoms with Gasteiger partial charge in [0.15, 0.2) is 0 Å². The molecule has 1 aliphatic carbocycles. The van der Waals surface area contributed by atoms with Crippen molar-refractivity contribution in [1.82, 2.24) is 9.88 Å². The molecule has 21 heavy (non-hydrogen) atoms. The highest BCUT2D eigenvalue weighted by Crippen LogP contribution is 2.38. The number of hydrogen-bond donors (Lipinski definition) is 1. The highest BCUT2D eigenvalue weighted by Gasteiger charge is 2.34. The molecule has 4 nitrogen and oxygen atoms in total. The number of carbonyl (C=O) groups is 1. The van der Waals surface area contributed by atoms with Gasteiger partial charge in [0.1, 0.15) is 0 Å². The molecule has 116 valence electrons. The van der Waals surface area contributed by atoms with Crippen LogP contribution >= 0.6 is 0 Å². The zero-order chi connectivity index (χ0) is 15.6. The third kappa shape index (κ3) is 3.74. The van der Waals surface area contributed by atoms with Gasteiger partial charge in [-0.05, 0) is 30.2 Å². The molecule has 2 atom stereocenters. The van der Waals surface area contributed by atoms with Crippen molar-refractivity contribution in [3.63, 3.8) is 0 Å². The van der Waals surface area contributed by atoms with Gasteiger partial charge in [-0.2, -0.15) is 0 Å². The van der Waals surface area contributed by atoms with Crippen LogP contribution in [0.15, 0.2) is 23.1 Å². The van der Waals surface area contributed by atoms with E-state index in [-0.39, 0.29) is 22.9 Å². The molecule has 0 bridgehead atoms. The van der Waals surface area contributed by atoms with E-state index in [1.807, 2.05) is 0 Å². The summed E-state index contributed by atoms with van der Waals surface area (Å²) in [4.78, 5) is 24.0. The van der Waals surface area contributed by atoms with Crippen LogP contribution in [0.25, 0.3) is 0 Å². The van der Waals surface area contributed by atoms with E-state index >= 15 is 0 Å². The Labute approximate surface area is 126 Å². The van der Waals surface area contributed by atoms with Gasteiger partial charge in [-0.1, -0.05) is 33.6 Å². The molecule has 2 rings (SSSR count). The van der Waals surface area contributed by atoms with Gasteiger partial charge in [0.25, 0.3) is 11.5 Å². The first-order chi connectivity index (χ1) is 9.79. The Morgan fingerprint density at radius 1 is 1.29 bits per heavy atom. The minimum atomic E-state index is -0.154. The maximum atomic E-state index is 12.4. The van der Waals surface area contributed by atoms with E-state index in [0.717, 1.165) is 19.3 Å². The third-order valence-corrected chi connectivity index (χ3v) is 4.56. The number of aryl methyl sites for hydroxylation is 1. The topological polar surface area (TPSA) is 51.1 Å². The summed E-state index contributed by atoms with van der Waals surface area (Å²) in [6.45, 7) is 6.71. The normalized spacial score (nSPS) is 22.9. The molecule has 4 heteroatoms. The molecular weight excluding hydrogens is 264 g/mol. The first kappa shape index (κ1) is 15.8. The molecule has 1 fully saturated rings. The lowest BCUT2D eigenvalue weighted by Gasteiger charge is -2.40. The van der Waals surface area contributed by atoms with E-state index in [0.29, 0.717) is 11.5 Å². The molecule has 0 saturated heterocycles. The lowest BCUT2D eigenvalue weighted by Crippen LogP contribution is -2.46. The molecule has 1 amide bonds. The van der Waals surface area contributed by atoms with Crippen molar-refractivity contribution in [1.29, 1.82) is 0 Å². The quantitative estimate of drug-likeness (QED) is 0.910. The molecule has 1 aromatic heterocycles. The second kappa shape index (κ2) is 6.04. The average molecular weight is 290 g/mol. The standard InChI is InChI=1S/C17H26N2O2/c1-17(2,3)13-7-5-6-8-14(13)18-16(21)12-9-10-19(4)15(20)11-12/h9-11,13-14H,5-8H2,1-4H3,(H,18,21). The zero-order valence-electron chi connectivity index (χ0n) is 13.5. The Bertz CT molecular complexity index is 569. The minimum Gasteiger partial charge on any atom is -0.349 e. The van der Waals surface area contributed by atoms with Crippen molar-refractivity contribution in [2.45, 2.75) is 52.5 Å².